The first kappa shape index (κ1) is 12.7. The smallest absolute Gasteiger partial charge is 0.276 e. The second-order valence-electron chi connectivity index (χ2n) is 3.68. The number of halogens is 2. The number of hydrogen-bond donors (Lipinski definition) is 2. The van der Waals surface area contributed by atoms with E-state index in [-0.39, 0.29) is 23.0 Å². The van der Waals surface area contributed by atoms with Crippen LogP contribution in [0.3, 0.4) is 0 Å². The van der Waals surface area contributed by atoms with E-state index in [0.717, 1.165) is 24.3 Å². The van der Waals surface area contributed by atoms with Crippen LogP contribution in [0.1, 0.15) is 0 Å². The summed E-state index contributed by atoms with van der Waals surface area (Å²) in [6, 6.07) is 4.95. The molecule has 0 bridgehead atoms. The van der Waals surface area contributed by atoms with Crippen molar-refractivity contribution in [3.05, 3.63) is 52.1 Å². The van der Waals surface area contributed by atoms with Gasteiger partial charge in [0.1, 0.15) is 23.3 Å². The molecule has 0 atom stereocenters. The van der Waals surface area contributed by atoms with Crippen molar-refractivity contribution in [3.63, 3.8) is 0 Å². The van der Waals surface area contributed by atoms with E-state index in [1.54, 1.807) is 0 Å². The molecule has 3 N–H and O–H groups in total. The lowest BCUT2D eigenvalue weighted by Gasteiger charge is -2.06. The Kier molecular flexibility index (Phi) is 3.23. The van der Waals surface area contributed by atoms with Crippen molar-refractivity contribution in [3.8, 4) is 0 Å². The van der Waals surface area contributed by atoms with Crippen molar-refractivity contribution in [2.75, 3.05) is 11.1 Å². The number of anilines is 3. The van der Waals surface area contributed by atoms with Crippen LogP contribution in [0, 0.1) is 21.7 Å². The fourth-order valence-electron chi connectivity index (χ4n) is 1.48. The number of benzene rings is 1. The molecule has 6 nitrogen and oxygen atoms in total. The van der Waals surface area contributed by atoms with E-state index >= 15 is 0 Å². The third kappa shape index (κ3) is 3.12. The Labute approximate surface area is 106 Å². The Bertz CT molecular complexity index is 628. The molecule has 0 unspecified atom stereocenters. The van der Waals surface area contributed by atoms with Gasteiger partial charge >= 0.3 is 0 Å². The number of nitrogens with zero attached hydrogens (tertiary/aromatic N) is 2. The maximum Gasteiger partial charge on any atom is 0.276 e. The predicted octanol–water partition coefficient (Wildman–Crippen LogP) is 2.59. The van der Waals surface area contributed by atoms with E-state index in [4.69, 9.17) is 5.73 Å². The van der Waals surface area contributed by atoms with Crippen LogP contribution in [0.15, 0.2) is 30.3 Å². The molecule has 0 aliphatic carbocycles. The molecule has 19 heavy (non-hydrogen) atoms. The Balaban J connectivity index is 2.35. The second-order valence-corrected chi connectivity index (χ2v) is 3.68. The summed E-state index contributed by atoms with van der Waals surface area (Å²) >= 11 is 0. The number of pyridine rings is 1. The Hall–Kier alpha value is -2.77. The Morgan fingerprint density at radius 3 is 2.37 bits per heavy atom. The van der Waals surface area contributed by atoms with Crippen LogP contribution in [0.4, 0.5) is 31.8 Å². The van der Waals surface area contributed by atoms with E-state index < -0.39 is 16.6 Å². The number of nitrogens with one attached hydrogen (secondary N) is 1. The van der Waals surface area contributed by atoms with Gasteiger partial charge in [0.25, 0.3) is 5.69 Å². The largest absolute Gasteiger partial charge is 0.383 e. The van der Waals surface area contributed by atoms with Crippen LogP contribution in [0.25, 0.3) is 0 Å². The van der Waals surface area contributed by atoms with Crippen LogP contribution in [-0.2, 0) is 0 Å². The third-order valence-corrected chi connectivity index (χ3v) is 2.18. The lowest BCUT2D eigenvalue weighted by molar-refractivity contribution is -0.384. The zero-order chi connectivity index (χ0) is 14.0. The van der Waals surface area contributed by atoms with Crippen molar-refractivity contribution < 1.29 is 13.7 Å². The minimum absolute atomic E-state index is 0.0247. The fourth-order valence-corrected chi connectivity index (χ4v) is 1.48. The molecule has 98 valence electrons. The maximum absolute atomic E-state index is 13.0. The van der Waals surface area contributed by atoms with Crippen LogP contribution in [-0.4, -0.2) is 9.91 Å². The van der Waals surface area contributed by atoms with Gasteiger partial charge in [-0.1, -0.05) is 0 Å². The zero-order valence-electron chi connectivity index (χ0n) is 9.43. The molecule has 0 amide bonds. The second kappa shape index (κ2) is 4.84. The molecule has 1 aromatic carbocycles. The minimum atomic E-state index is -0.777. The van der Waals surface area contributed by atoms with Crippen LogP contribution in [0.2, 0.25) is 0 Å². The summed E-state index contributed by atoms with van der Waals surface area (Å²) in [5.74, 6) is -1.60. The molecule has 1 heterocycles. The highest BCUT2D eigenvalue weighted by Crippen LogP contribution is 2.23. The van der Waals surface area contributed by atoms with Gasteiger partial charge in [0.15, 0.2) is 0 Å². The van der Waals surface area contributed by atoms with Crippen LogP contribution < -0.4 is 11.1 Å². The molecule has 0 fully saturated rings. The maximum atomic E-state index is 13.0. The van der Waals surface area contributed by atoms with Crippen molar-refractivity contribution in [2.45, 2.75) is 0 Å². The first-order valence-corrected chi connectivity index (χ1v) is 5.09. The molecule has 0 aliphatic rings. The number of rotatable bonds is 3. The van der Waals surface area contributed by atoms with E-state index in [0.29, 0.717) is 6.07 Å². The molecule has 0 radical (unpaired) electrons. The molecule has 0 saturated carbocycles. The van der Waals surface area contributed by atoms with Gasteiger partial charge in [0.05, 0.1) is 17.1 Å². The van der Waals surface area contributed by atoms with Gasteiger partial charge in [0, 0.05) is 11.8 Å². The molecule has 2 rings (SSSR count). The summed E-state index contributed by atoms with van der Waals surface area (Å²) < 4.78 is 26.0. The molecule has 0 saturated heterocycles. The third-order valence-electron chi connectivity index (χ3n) is 2.18. The number of nitro groups is 1. The topological polar surface area (TPSA) is 94.1 Å². The van der Waals surface area contributed by atoms with E-state index in [1.165, 1.54) is 0 Å². The molecular formula is C11H8F2N4O2. The first-order chi connectivity index (χ1) is 8.94. The average Bonchev–Trinajstić information content (AvgIpc) is 2.26. The van der Waals surface area contributed by atoms with Gasteiger partial charge in [-0.25, -0.2) is 13.8 Å². The summed E-state index contributed by atoms with van der Waals surface area (Å²) in [6.07, 6.45) is 0. The fraction of sp³-hybridized carbons (Fsp3) is 0. The lowest BCUT2D eigenvalue weighted by atomic mass is 10.3. The molecule has 1 aromatic heterocycles. The predicted molar refractivity (Wildman–Crippen MR) is 64.9 cm³/mol. The molecule has 0 spiro atoms. The minimum Gasteiger partial charge on any atom is -0.383 e. The highest BCUT2D eigenvalue weighted by Gasteiger charge is 2.10. The van der Waals surface area contributed by atoms with Crippen molar-refractivity contribution in [1.29, 1.82) is 0 Å². The van der Waals surface area contributed by atoms with Crippen LogP contribution in [0.5, 0.6) is 0 Å². The Morgan fingerprint density at radius 2 is 1.79 bits per heavy atom. The summed E-state index contributed by atoms with van der Waals surface area (Å²) in [6.45, 7) is 0. The zero-order valence-corrected chi connectivity index (χ0v) is 9.43. The average molecular weight is 266 g/mol. The van der Waals surface area contributed by atoms with Gasteiger partial charge in [-0.05, 0) is 12.1 Å². The normalized spacial score (nSPS) is 10.2. The van der Waals surface area contributed by atoms with Gasteiger partial charge in [0.2, 0.25) is 0 Å². The molecule has 2 aromatic rings. The quantitative estimate of drug-likeness (QED) is 0.657. The van der Waals surface area contributed by atoms with Gasteiger partial charge in [-0.15, -0.1) is 0 Å². The van der Waals surface area contributed by atoms with Crippen LogP contribution >= 0.6 is 0 Å². The monoisotopic (exact) mass is 266 g/mol. The van der Waals surface area contributed by atoms with E-state index in [1.807, 2.05) is 0 Å². The van der Waals surface area contributed by atoms with Gasteiger partial charge in [-0.3, -0.25) is 10.1 Å². The van der Waals surface area contributed by atoms with E-state index in [2.05, 4.69) is 10.3 Å². The van der Waals surface area contributed by atoms with Gasteiger partial charge < -0.3 is 11.1 Å². The van der Waals surface area contributed by atoms with Crippen molar-refractivity contribution in [2.24, 2.45) is 0 Å². The summed E-state index contributed by atoms with van der Waals surface area (Å²) in [5, 5.41) is 13.2. The summed E-state index contributed by atoms with van der Waals surface area (Å²) in [4.78, 5) is 13.8. The Morgan fingerprint density at radius 1 is 1.16 bits per heavy atom. The highest BCUT2D eigenvalue weighted by molar-refractivity contribution is 5.61. The SMILES string of the molecule is Nc1cc([N+](=O)[O-])cc(Nc2cc(F)cc(F)c2)n1. The number of aromatic nitrogens is 1. The summed E-state index contributed by atoms with van der Waals surface area (Å²) in [5.41, 5.74) is 5.21. The molecule has 0 aliphatic heterocycles. The molecular weight excluding hydrogens is 258 g/mol. The number of nitrogens with two attached hydrogens (primary N) is 1. The van der Waals surface area contributed by atoms with Crippen molar-refractivity contribution in [1.82, 2.24) is 4.98 Å². The van der Waals surface area contributed by atoms with E-state index in [9.17, 15) is 18.9 Å². The number of hydrogen-bond acceptors (Lipinski definition) is 5. The standard InChI is InChI=1S/C11H8F2N4O2/c12-6-1-7(13)3-8(2-6)15-11-5-9(17(18)19)4-10(14)16-11/h1-5H,(H3,14,15,16). The summed E-state index contributed by atoms with van der Waals surface area (Å²) in [7, 11) is 0. The first-order valence-electron chi connectivity index (χ1n) is 5.09. The van der Waals surface area contributed by atoms with Crippen molar-refractivity contribution >= 4 is 23.0 Å². The lowest BCUT2D eigenvalue weighted by Crippen LogP contribution is -2.00. The number of nitrogen functional groups attached to an aromatic ring is 1. The van der Waals surface area contributed by atoms with Gasteiger partial charge in [-0.2, -0.15) is 0 Å². The molecule has 8 heteroatoms. The highest BCUT2D eigenvalue weighted by atomic mass is 19.1.